The minimum absolute atomic E-state index is 0.595. The predicted octanol–water partition coefficient (Wildman–Crippen LogP) is -0.394. The van der Waals surface area contributed by atoms with Gasteiger partial charge in [0.05, 0.1) is 11.8 Å². The molecule has 0 aliphatic carbocycles. The third-order valence-electron chi connectivity index (χ3n) is 2.74. The minimum atomic E-state index is -0.595. The number of nitrogens with one attached hydrogen (secondary N) is 1. The summed E-state index contributed by atoms with van der Waals surface area (Å²) in [5.41, 5.74) is 1.25. The van der Waals surface area contributed by atoms with E-state index in [2.05, 4.69) is 15.4 Å². The fourth-order valence-corrected chi connectivity index (χ4v) is 1.86. The first kappa shape index (κ1) is 8.82. The molecule has 0 bridgehead atoms. The van der Waals surface area contributed by atoms with E-state index >= 15 is 0 Å². The Morgan fingerprint density at radius 1 is 1.53 bits per heavy atom. The van der Waals surface area contributed by atoms with Crippen LogP contribution < -0.4 is 5.32 Å². The van der Waals surface area contributed by atoms with E-state index in [1.54, 1.807) is 16.9 Å². The van der Waals surface area contributed by atoms with Crippen LogP contribution in [0.2, 0.25) is 0 Å². The van der Waals surface area contributed by atoms with Gasteiger partial charge in [0, 0.05) is 38.0 Å². The van der Waals surface area contributed by atoms with Crippen molar-refractivity contribution >= 4 is 5.65 Å². The molecule has 1 fully saturated rings. The second-order valence-corrected chi connectivity index (χ2v) is 4.10. The summed E-state index contributed by atoms with van der Waals surface area (Å²) in [7, 11) is 0. The van der Waals surface area contributed by atoms with Crippen molar-refractivity contribution in [3.8, 4) is 0 Å². The number of rotatable bonds is 2. The van der Waals surface area contributed by atoms with Crippen molar-refractivity contribution in [2.24, 2.45) is 0 Å². The summed E-state index contributed by atoms with van der Waals surface area (Å²) in [4.78, 5) is 4.25. The molecular weight excluding hydrogens is 192 g/mol. The van der Waals surface area contributed by atoms with Gasteiger partial charge in [-0.3, -0.25) is 0 Å². The quantitative estimate of drug-likeness (QED) is 0.699. The first-order chi connectivity index (χ1) is 7.25. The molecule has 0 amide bonds. The Labute approximate surface area is 86.8 Å². The maximum atomic E-state index is 9.97. The minimum Gasteiger partial charge on any atom is -0.387 e. The number of aliphatic hydroxyl groups is 1. The van der Waals surface area contributed by atoms with Gasteiger partial charge in [-0.1, -0.05) is 0 Å². The molecule has 15 heavy (non-hydrogen) atoms. The molecule has 0 aromatic carbocycles. The topological polar surface area (TPSA) is 62.5 Å². The van der Waals surface area contributed by atoms with Crippen LogP contribution in [0.1, 0.15) is 5.56 Å². The van der Waals surface area contributed by atoms with Crippen LogP contribution in [0, 0.1) is 0 Å². The molecule has 78 valence electrons. The van der Waals surface area contributed by atoms with Crippen molar-refractivity contribution in [3.05, 3.63) is 30.2 Å². The average molecular weight is 204 g/mol. The fraction of sp³-hybridized carbons (Fsp3) is 0.400. The molecule has 0 atom stereocenters. The smallest absolute Gasteiger partial charge is 0.154 e. The monoisotopic (exact) mass is 204 g/mol. The van der Waals surface area contributed by atoms with Crippen molar-refractivity contribution < 1.29 is 5.11 Å². The SMILES string of the molecule is OC1(Cc2cnc3ccnn3c2)CNC1. The molecule has 2 aromatic heterocycles. The molecule has 5 heteroatoms. The van der Waals surface area contributed by atoms with Gasteiger partial charge in [-0.25, -0.2) is 9.50 Å². The van der Waals surface area contributed by atoms with Crippen molar-refractivity contribution in [2.45, 2.75) is 12.0 Å². The van der Waals surface area contributed by atoms with E-state index in [-0.39, 0.29) is 0 Å². The van der Waals surface area contributed by atoms with Crippen molar-refractivity contribution in [2.75, 3.05) is 13.1 Å². The number of hydrogen-bond acceptors (Lipinski definition) is 4. The molecule has 5 nitrogen and oxygen atoms in total. The van der Waals surface area contributed by atoms with Gasteiger partial charge >= 0.3 is 0 Å². The van der Waals surface area contributed by atoms with Gasteiger partial charge in [0.1, 0.15) is 0 Å². The normalized spacial score (nSPS) is 19.0. The molecule has 1 aliphatic heterocycles. The Hall–Kier alpha value is -1.46. The molecule has 0 saturated carbocycles. The highest BCUT2D eigenvalue weighted by atomic mass is 16.3. The number of nitrogens with zero attached hydrogens (tertiary/aromatic N) is 3. The number of fused-ring (bicyclic) bond motifs is 1. The van der Waals surface area contributed by atoms with Crippen molar-refractivity contribution in [1.29, 1.82) is 0 Å². The van der Waals surface area contributed by atoms with E-state index in [0.717, 1.165) is 11.2 Å². The van der Waals surface area contributed by atoms with Gasteiger partial charge in [-0.05, 0) is 5.56 Å². The molecule has 2 aromatic rings. The zero-order chi connectivity index (χ0) is 10.3. The molecule has 0 spiro atoms. The van der Waals surface area contributed by atoms with E-state index in [1.807, 2.05) is 12.3 Å². The molecule has 1 aliphatic rings. The van der Waals surface area contributed by atoms with Gasteiger partial charge in [0.15, 0.2) is 5.65 Å². The summed E-state index contributed by atoms with van der Waals surface area (Å²) < 4.78 is 1.73. The summed E-state index contributed by atoms with van der Waals surface area (Å²) in [6, 6.07) is 1.85. The van der Waals surface area contributed by atoms with Gasteiger partial charge in [-0.15, -0.1) is 0 Å². The maximum Gasteiger partial charge on any atom is 0.154 e. The molecular formula is C10H12N4O. The van der Waals surface area contributed by atoms with Gasteiger partial charge in [-0.2, -0.15) is 5.10 Å². The van der Waals surface area contributed by atoms with Crippen molar-refractivity contribution in [1.82, 2.24) is 19.9 Å². The lowest BCUT2D eigenvalue weighted by Crippen LogP contribution is -2.60. The molecule has 1 saturated heterocycles. The second kappa shape index (κ2) is 3.01. The molecule has 0 unspecified atom stereocenters. The van der Waals surface area contributed by atoms with Crippen LogP contribution in [-0.4, -0.2) is 38.4 Å². The van der Waals surface area contributed by atoms with Crippen LogP contribution in [0.3, 0.4) is 0 Å². The highest BCUT2D eigenvalue weighted by Crippen LogP contribution is 2.17. The van der Waals surface area contributed by atoms with Crippen molar-refractivity contribution in [3.63, 3.8) is 0 Å². The highest BCUT2D eigenvalue weighted by molar-refractivity contribution is 5.36. The Kier molecular flexibility index (Phi) is 1.77. The fourth-order valence-electron chi connectivity index (χ4n) is 1.86. The standard InChI is InChI=1S/C10H12N4O/c15-10(6-11-7-10)3-8-4-12-9-1-2-13-14(9)5-8/h1-2,4-5,11,15H,3,6-7H2. The second-order valence-electron chi connectivity index (χ2n) is 4.10. The lowest BCUT2D eigenvalue weighted by molar-refractivity contribution is -0.00916. The summed E-state index contributed by atoms with van der Waals surface area (Å²) in [6.45, 7) is 1.31. The van der Waals surface area contributed by atoms with Crippen LogP contribution in [-0.2, 0) is 6.42 Å². The highest BCUT2D eigenvalue weighted by Gasteiger charge is 2.34. The Balaban J connectivity index is 1.90. The third kappa shape index (κ3) is 1.49. The third-order valence-corrected chi connectivity index (χ3v) is 2.74. The zero-order valence-electron chi connectivity index (χ0n) is 8.22. The predicted molar refractivity (Wildman–Crippen MR) is 54.5 cm³/mol. The Morgan fingerprint density at radius 3 is 3.13 bits per heavy atom. The molecule has 2 N–H and O–H groups in total. The van der Waals surface area contributed by atoms with Gasteiger partial charge < -0.3 is 10.4 Å². The summed E-state index contributed by atoms with van der Waals surface area (Å²) in [5.74, 6) is 0. The van der Waals surface area contributed by atoms with Gasteiger partial charge in [0.25, 0.3) is 0 Å². The number of aromatic nitrogens is 3. The van der Waals surface area contributed by atoms with Crippen LogP contribution in [0.4, 0.5) is 0 Å². The van der Waals surface area contributed by atoms with E-state index in [1.165, 1.54) is 0 Å². The van der Waals surface area contributed by atoms with E-state index in [0.29, 0.717) is 19.5 Å². The summed E-state index contributed by atoms with van der Waals surface area (Å²) in [5, 5.41) is 17.1. The Bertz CT molecular complexity index is 489. The average Bonchev–Trinajstić information content (AvgIpc) is 2.62. The summed E-state index contributed by atoms with van der Waals surface area (Å²) >= 11 is 0. The molecule has 3 rings (SSSR count). The zero-order valence-corrected chi connectivity index (χ0v) is 8.22. The molecule has 3 heterocycles. The Morgan fingerprint density at radius 2 is 2.40 bits per heavy atom. The first-order valence-electron chi connectivity index (χ1n) is 4.97. The van der Waals surface area contributed by atoms with Crippen LogP contribution in [0.5, 0.6) is 0 Å². The van der Waals surface area contributed by atoms with Crippen LogP contribution in [0.25, 0.3) is 5.65 Å². The largest absolute Gasteiger partial charge is 0.387 e. The lowest BCUT2D eigenvalue weighted by Gasteiger charge is -2.37. The molecule has 0 radical (unpaired) electrons. The van der Waals surface area contributed by atoms with E-state index < -0.39 is 5.60 Å². The van der Waals surface area contributed by atoms with E-state index in [9.17, 15) is 5.11 Å². The van der Waals surface area contributed by atoms with Crippen LogP contribution >= 0.6 is 0 Å². The summed E-state index contributed by atoms with van der Waals surface area (Å²) in [6.07, 6.45) is 6.06. The first-order valence-corrected chi connectivity index (χ1v) is 4.97. The maximum absolute atomic E-state index is 9.97. The van der Waals surface area contributed by atoms with E-state index in [4.69, 9.17) is 0 Å². The number of β-amino-alcohol motifs (C(OH)–C–C–N with tert-alkyl or cyclic N) is 1. The number of hydrogen-bond donors (Lipinski definition) is 2. The lowest BCUT2D eigenvalue weighted by atomic mass is 9.90. The van der Waals surface area contributed by atoms with Crippen LogP contribution in [0.15, 0.2) is 24.7 Å². The van der Waals surface area contributed by atoms with Gasteiger partial charge in [0.2, 0.25) is 0 Å².